The number of fused-ring (bicyclic) bond motifs is 2. The molecule has 1 saturated heterocycles. The molecule has 14 heteroatoms. The summed E-state index contributed by atoms with van der Waals surface area (Å²) in [7, 11) is 6.83. The molecule has 0 radical (unpaired) electrons. The van der Waals surface area contributed by atoms with Crippen molar-refractivity contribution in [2.24, 2.45) is 0 Å². The van der Waals surface area contributed by atoms with Crippen LogP contribution in [0.2, 0.25) is 0 Å². The summed E-state index contributed by atoms with van der Waals surface area (Å²) in [5.74, 6) is -1.11. The molecule has 2 N–H and O–H groups in total. The van der Waals surface area contributed by atoms with Crippen molar-refractivity contribution in [3.05, 3.63) is 36.0 Å². The number of rotatable bonds is 5. The first-order valence-electron chi connectivity index (χ1n) is 15.9. The fourth-order valence-electron chi connectivity index (χ4n) is 5.68. The van der Waals surface area contributed by atoms with Crippen molar-refractivity contribution in [3.8, 4) is 5.75 Å². The van der Waals surface area contributed by atoms with E-state index in [4.69, 9.17) is 9.47 Å². The van der Waals surface area contributed by atoms with E-state index in [1.54, 1.807) is 43.9 Å². The molecule has 4 rings (SSSR count). The predicted molar refractivity (Wildman–Crippen MR) is 175 cm³/mol. The third-order valence-corrected chi connectivity index (χ3v) is 8.17. The summed E-state index contributed by atoms with van der Waals surface area (Å²) in [6, 6.07) is 6.99. The van der Waals surface area contributed by atoms with Gasteiger partial charge in [-0.15, -0.1) is 0 Å². The number of para-hydroxylation sites is 1. The van der Waals surface area contributed by atoms with Gasteiger partial charge in [-0.05, 0) is 59.8 Å². The van der Waals surface area contributed by atoms with E-state index in [0.717, 1.165) is 5.39 Å². The normalized spacial score (nSPS) is 21.5. The molecule has 0 unspecified atom stereocenters. The van der Waals surface area contributed by atoms with Gasteiger partial charge in [0.2, 0.25) is 17.7 Å². The zero-order valence-electron chi connectivity index (χ0n) is 28.4. The molecule has 0 spiro atoms. The lowest BCUT2D eigenvalue weighted by Gasteiger charge is -2.29. The monoisotopic (exact) mass is 653 g/mol. The number of benzene rings is 1. The minimum absolute atomic E-state index is 0.0452. The van der Waals surface area contributed by atoms with Crippen LogP contribution in [0.1, 0.15) is 50.5 Å². The molecule has 2 bridgehead atoms. The number of hydrogen-bond donors (Lipinski definition) is 2. The van der Waals surface area contributed by atoms with Crippen molar-refractivity contribution < 1.29 is 33.4 Å². The van der Waals surface area contributed by atoms with E-state index in [0.29, 0.717) is 30.8 Å². The molecule has 0 aliphatic carbocycles. The molecule has 14 nitrogen and oxygen atoms in total. The summed E-state index contributed by atoms with van der Waals surface area (Å²) in [5, 5.41) is 6.47. The van der Waals surface area contributed by atoms with Crippen LogP contribution in [0.5, 0.6) is 5.75 Å². The third-order valence-electron chi connectivity index (χ3n) is 8.17. The summed E-state index contributed by atoms with van der Waals surface area (Å²) in [6.45, 7) is 6.37. The molecule has 1 fully saturated rings. The van der Waals surface area contributed by atoms with Crippen LogP contribution < -0.4 is 15.4 Å². The second-order valence-corrected chi connectivity index (χ2v) is 13.4. The fourth-order valence-corrected chi connectivity index (χ4v) is 5.68. The summed E-state index contributed by atoms with van der Waals surface area (Å²) < 4.78 is 11.7. The van der Waals surface area contributed by atoms with Gasteiger partial charge >= 0.3 is 6.09 Å². The summed E-state index contributed by atoms with van der Waals surface area (Å²) in [4.78, 5) is 77.3. The molecule has 3 atom stereocenters. The maximum atomic E-state index is 13.7. The first-order chi connectivity index (χ1) is 22.1. The standard InChI is InChI=1S/C33H47N7O7/c1-33(2,3)47-32(45)35-22-17-23-20-46-26-10-8-9-21-11-12-24(36-29(21)26)31(44)39(7)25(30(43)34-15-16-37(4)5)13-14-27(41)38(6)19-28(42)40(23)18-22/h8-12,22-23,25H,13-20H2,1-7H3,(H,34,43)(H,35,45)/t22-,23-,25-/m0/s1. The second-order valence-electron chi connectivity index (χ2n) is 13.4. The molecule has 3 heterocycles. The van der Waals surface area contributed by atoms with Crippen LogP contribution in [-0.4, -0.2) is 139 Å². The smallest absolute Gasteiger partial charge is 0.407 e. The molecular formula is C33H47N7O7. The largest absolute Gasteiger partial charge is 0.489 e. The number of pyridine rings is 1. The van der Waals surface area contributed by atoms with Crippen LogP contribution in [0.4, 0.5) is 4.79 Å². The van der Waals surface area contributed by atoms with E-state index in [-0.39, 0.29) is 56.0 Å². The number of likely N-dealkylation sites (N-methyl/N-ethyl adjacent to an activating group) is 3. The van der Waals surface area contributed by atoms with E-state index >= 15 is 0 Å². The Bertz CT molecular complexity index is 1490. The Hall–Kier alpha value is -4.46. The van der Waals surface area contributed by atoms with Gasteiger partial charge in [-0.1, -0.05) is 18.2 Å². The second kappa shape index (κ2) is 15.0. The molecular weight excluding hydrogens is 606 g/mol. The number of ether oxygens (including phenoxy) is 2. The maximum absolute atomic E-state index is 13.7. The Labute approximate surface area is 275 Å². The molecule has 2 aromatic rings. The van der Waals surface area contributed by atoms with E-state index in [9.17, 15) is 24.0 Å². The van der Waals surface area contributed by atoms with Gasteiger partial charge in [0.05, 0.1) is 18.6 Å². The highest BCUT2D eigenvalue weighted by molar-refractivity contribution is 5.98. The number of hydrogen-bond acceptors (Lipinski definition) is 9. The van der Waals surface area contributed by atoms with Gasteiger partial charge in [0.15, 0.2) is 0 Å². The van der Waals surface area contributed by atoms with Crippen molar-refractivity contribution in [3.63, 3.8) is 0 Å². The van der Waals surface area contributed by atoms with Gasteiger partial charge in [0.1, 0.15) is 35.2 Å². The number of nitrogens with one attached hydrogen (secondary N) is 2. The SMILES string of the molecule is CN(C)CCNC(=O)[C@@H]1CCC(=O)N(C)CC(=O)N2C[C@@H](NC(=O)OC(C)(C)C)C[C@H]2COc2cccc3ccc(nc23)C(=O)N1C. The average molecular weight is 654 g/mol. The van der Waals surface area contributed by atoms with E-state index in [1.807, 2.05) is 31.1 Å². The van der Waals surface area contributed by atoms with Gasteiger partial charge in [0.25, 0.3) is 5.91 Å². The summed E-state index contributed by atoms with van der Waals surface area (Å²) in [6.07, 6.45) is -0.208. The highest BCUT2D eigenvalue weighted by Crippen LogP contribution is 2.27. The molecule has 1 aromatic heterocycles. The number of carbonyl (C=O) groups is 5. The lowest BCUT2D eigenvalue weighted by Crippen LogP contribution is -2.49. The number of nitrogens with zero attached hydrogens (tertiary/aromatic N) is 5. The molecule has 0 saturated carbocycles. The topological polar surface area (TPSA) is 154 Å². The Kier molecular flexibility index (Phi) is 11.3. The Morgan fingerprint density at radius 3 is 2.53 bits per heavy atom. The van der Waals surface area contributed by atoms with Crippen LogP contribution in [0.3, 0.4) is 0 Å². The molecule has 2 aliphatic heterocycles. The Morgan fingerprint density at radius 2 is 1.83 bits per heavy atom. The molecule has 256 valence electrons. The van der Waals surface area contributed by atoms with Gasteiger partial charge in [-0.25, -0.2) is 9.78 Å². The van der Waals surface area contributed by atoms with Gasteiger partial charge in [0, 0.05) is 45.5 Å². The number of amides is 5. The molecule has 5 amide bonds. The van der Waals surface area contributed by atoms with Crippen LogP contribution in [0.15, 0.2) is 30.3 Å². The minimum Gasteiger partial charge on any atom is -0.489 e. The highest BCUT2D eigenvalue weighted by Gasteiger charge is 2.38. The maximum Gasteiger partial charge on any atom is 0.407 e. The first kappa shape index (κ1) is 35.4. The summed E-state index contributed by atoms with van der Waals surface area (Å²) in [5.41, 5.74) is -0.110. The zero-order chi connectivity index (χ0) is 34.5. The lowest BCUT2D eigenvalue weighted by atomic mass is 10.1. The molecule has 2 aliphatic rings. The van der Waals surface area contributed by atoms with E-state index in [1.165, 1.54) is 23.9 Å². The minimum atomic E-state index is -0.958. The number of alkyl carbamates (subject to hydrolysis) is 1. The van der Waals surface area contributed by atoms with Crippen molar-refractivity contribution in [1.29, 1.82) is 0 Å². The van der Waals surface area contributed by atoms with E-state index < -0.39 is 35.7 Å². The van der Waals surface area contributed by atoms with Crippen molar-refractivity contribution in [2.45, 2.75) is 63.8 Å². The van der Waals surface area contributed by atoms with Gasteiger partial charge in [-0.2, -0.15) is 0 Å². The van der Waals surface area contributed by atoms with E-state index in [2.05, 4.69) is 15.6 Å². The molecule has 1 aromatic carbocycles. The highest BCUT2D eigenvalue weighted by atomic mass is 16.6. The first-order valence-corrected chi connectivity index (χ1v) is 15.9. The van der Waals surface area contributed by atoms with Crippen LogP contribution >= 0.6 is 0 Å². The zero-order valence-corrected chi connectivity index (χ0v) is 28.4. The Morgan fingerprint density at radius 1 is 1.09 bits per heavy atom. The van der Waals surface area contributed by atoms with Crippen molar-refractivity contribution >= 4 is 40.6 Å². The lowest BCUT2D eigenvalue weighted by molar-refractivity contribution is -0.140. The van der Waals surface area contributed by atoms with Crippen molar-refractivity contribution in [2.75, 3.05) is 61.0 Å². The van der Waals surface area contributed by atoms with Crippen LogP contribution in [0.25, 0.3) is 10.9 Å². The van der Waals surface area contributed by atoms with Gasteiger partial charge in [-0.3, -0.25) is 19.2 Å². The average Bonchev–Trinajstić information content (AvgIpc) is 3.39. The quantitative estimate of drug-likeness (QED) is 0.489. The fraction of sp³-hybridized carbons (Fsp3) is 0.576. The predicted octanol–water partition coefficient (Wildman–Crippen LogP) is 1.48. The van der Waals surface area contributed by atoms with Crippen LogP contribution in [0, 0.1) is 0 Å². The third kappa shape index (κ3) is 9.31. The van der Waals surface area contributed by atoms with Gasteiger partial charge < -0.3 is 39.7 Å². The number of carbonyl (C=O) groups excluding carboxylic acids is 5. The number of aromatic nitrogens is 1. The van der Waals surface area contributed by atoms with Crippen molar-refractivity contribution in [1.82, 2.24) is 35.2 Å². The molecule has 47 heavy (non-hydrogen) atoms. The summed E-state index contributed by atoms with van der Waals surface area (Å²) >= 11 is 0. The Balaban J connectivity index is 1.65. The van der Waals surface area contributed by atoms with Crippen LogP contribution in [-0.2, 0) is 19.1 Å².